The third-order valence-electron chi connectivity index (χ3n) is 6.87. The maximum Gasteiger partial charge on any atom is 0.573 e. The van der Waals surface area contributed by atoms with E-state index in [0.29, 0.717) is 31.2 Å². The highest BCUT2D eigenvalue weighted by Crippen LogP contribution is 2.38. The maximum atomic E-state index is 13.3. The number of carbonyl (C=O) groups excluding carboxylic acids is 1. The van der Waals surface area contributed by atoms with Crippen molar-refractivity contribution in [2.75, 3.05) is 13.1 Å². The van der Waals surface area contributed by atoms with Gasteiger partial charge in [-0.05, 0) is 37.0 Å². The fraction of sp³-hybridized carbons (Fsp3) is 0.423. The highest BCUT2D eigenvalue weighted by molar-refractivity contribution is 5.79. The molecule has 1 aromatic heterocycles. The van der Waals surface area contributed by atoms with E-state index in [2.05, 4.69) is 14.9 Å². The Kier molecular flexibility index (Phi) is 6.49. The first-order chi connectivity index (χ1) is 16.9. The number of likely N-dealkylation sites (tertiary alicyclic amines) is 1. The second kappa shape index (κ2) is 9.71. The number of aromatic nitrogens is 2. The molecule has 1 amide bonds. The van der Waals surface area contributed by atoms with Gasteiger partial charge < -0.3 is 14.2 Å². The van der Waals surface area contributed by atoms with Gasteiger partial charge >= 0.3 is 6.36 Å². The summed E-state index contributed by atoms with van der Waals surface area (Å²) < 4.78 is 47.3. The first-order valence-corrected chi connectivity index (χ1v) is 11.9. The van der Waals surface area contributed by atoms with Gasteiger partial charge in [0.2, 0.25) is 17.6 Å². The molecule has 1 saturated carbocycles. The fourth-order valence-electron chi connectivity index (χ4n) is 5.18. The van der Waals surface area contributed by atoms with Crippen LogP contribution in [0.4, 0.5) is 13.2 Å². The van der Waals surface area contributed by atoms with Crippen LogP contribution in [-0.4, -0.2) is 40.4 Å². The van der Waals surface area contributed by atoms with Crippen molar-refractivity contribution in [2.45, 2.75) is 50.3 Å². The highest BCUT2D eigenvalue weighted by atomic mass is 19.4. The largest absolute Gasteiger partial charge is 0.573 e. The van der Waals surface area contributed by atoms with Gasteiger partial charge in [0.1, 0.15) is 5.75 Å². The summed E-state index contributed by atoms with van der Waals surface area (Å²) in [7, 11) is 0. The summed E-state index contributed by atoms with van der Waals surface area (Å²) in [5.41, 5.74) is 1.69. The SMILES string of the molecule is O=C(C1CCCC1)N1C[C@H](c2ccc(OC(F)(F)F)cc2)C[C@H](c2nc(-c3ccccc3)no2)C1. The van der Waals surface area contributed by atoms with Crippen LogP contribution in [0.2, 0.25) is 0 Å². The Morgan fingerprint density at radius 2 is 1.66 bits per heavy atom. The second-order valence-electron chi connectivity index (χ2n) is 9.29. The van der Waals surface area contributed by atoms with Gasteiger partial charge in [-0.2, -0.15) is 4.98 Å². The van der Waals surface area contributed by atoms with Crippen molar-refractivity contribution in [1.82, 2.24) is 15.0 Å². The van der Waals surface area contributed by atoms with E-state index in [4.69, 9.17) is 4.52 Å². The zero-order valence-corrected chi connectivity index (χ0v) is 19.1. The van der Waals surface area contributed by atoms with Crippen LogP contribution in [0.25, 0.3) is 11.4 Å². The fourth-order valence-corrected chi connectivity index (χ4v) is 5.18. The number of hydrogen-bond acceptors (Lipinski definition) is 5. The van der Waals surface area contributed by atoms with Gasteiger partial charge in [0.25, 0.3) is 0 Å². The van der Waals surface area contributed by atoms with Crippen LogP contribution in [-0.2, 0) is 4.79 Å². The van der Waals surface area contributed by atoms with Crippen molar-refractivity contribution >= 4 is 5.91 Å². The van der Waals surface area contributed by atoms with E-state index in [1.54, 1.807) is 12.1 Å². The molecule has 0 unspecified atom stereocenters. The predicted octanol–water partition coefficient (Wildman–Crippen LogP) is 5.93. The number of piperidine rings is 1. The quantitative estimate of drug-likeness (QED) is 0.448. The molecule has 2 aliphatic rings. The van der Waals surface area contributed by atoms with Crippen LogP contribution in [0.3, 0.4) is 0 Å². The van der Waals surface area contributed by atoms with E-state index in [1.807, 2.05) is 35.2 Å². The van der Waals surface area contributed by atoms with Gasteiger partial charge in [0.05, 0.1) is 5.92 Å². The lowest BCUT2D eigenvalue weighted by Crippen LogP contribution is -2.44. The summed E-state index contributed by atoms with van der Waals surface area (Å²) in [6.45, 7) is 0.989. The Balaban J connectivity index is 1.39. The van der Waals surface area contributed by atoms with Gasteiger partial charge in [0, 0.05) is 30.5 Å². The Morgan fingerprint density at radius 3 is 2.34 bits per heavy atom. The van der Waals surface area contributed by atoms with Crippen LogP contribution >= 0.6 is 0 Å². The van der Waals surface area contributed by atoms with Crippen molar-refractivity contribution in [2.24, 2.45) is 5.92 Å². The van der Waals surface area contributed by atoms with E-state index in [1.165, 1.54) is 12.1 Å². The Bertz CT molecular complexity index is 1140. The molecule has 2 heterocycles. The molecule has 3 aromatic rings. The molecule has 35 heavy (non-hydrogen) atoms. The van der Waals surface area contributed by atoms with E-state index in [9.17, 15) is 18.0 Å². The lowest BCUT2D eigenvalue weighted by atomic mass is 9.83. The lowest BCUT2D eigenvalue weighted by molar-refractivity contribution is -0.274. The predicted molar refractivity (Wildman–Crippen MR) is 121 cm³/mol. The topological polar surface area (TPSA) is 68.5 Å². The van der Waals surface area contributed by atoms with Crippen molar-refractivity contribution in [3.8, 4) is 17.1 Å². The number of halogens is 3. The second-order valence-corrected chi connectivity index (χ2v) is 9.29. The Morgan fingerprint density at radius 1 is 0.971 bits per heavy atom. The van der Waals surface area contributed by atoms with Gasteiger partial charge in [-0.15, -0.1) is 13.2 Å². The average Bonchev–Trinajstić information content (AvgIpc) is 3.56. The number of nitrogens with zero attached hydrogens (tertiary/aromatic N) is 3. The molecular formula is C26H26F3N3O3. The number of rotatable bonds is 5. The minimum Gasteiger partial charge on any atom is -0.406 e. The molecule has 9 heteroatoms. The molecule has 1 saturated heterocycles. The van der Waals surface area contributed by atoms with E-state index < -0.39 is 6.36 Å². The van der Waals surface area contributed by atoms with Crippen LogP contribution in [0.15, 0.2) is 59.1 Å². The minimum absolute atomic E-state index is 0.0273. The molecule has 2 fully saturated rings. The number of carbonyl (C=O) groups is 1. The van der Waals surface area contributed by atoms with Gasteiger partial charge in [-0.3, -0.25) is 4.79 Å². The van der Waals surface area contributed by atoms with Crippen molar-refractivity contribution in [3.63, 3.8) is 0 Å². The smallest absolute Gasteiger partial charge is 0.406 e. The molecule has 1 aliphatic carbocycles. The molecule has 5 rings (SSSR count). The molecule has 0 bridgehead atoms. The summed E-state index contributed by atoms with van der Waals surface area (Å²) >= 11 is 0. The lowest BCUT2D eigenvalue weighted by Gasteiger charge is -2.38. The summed E-state index contributed by atoms with van der Waals surface area (Å²) in [5, 5.41) is 4.14. The zero-order chi connectivity index (χ0) is 24.4. The standard InChI is InChI=1S/C26H26F3N3O3/c27-26(28,29)34-22-12-10-17(11-13-22)20-14-21(16-32(15-20)25(33)19-8-4-5-9-19)24-30-23(31-35-24)18-6-2-1-3-7-18/h1-3,6-7,10-13,19-21H,4-5,8-9,14-16H2/t20-,21+/m1/s1. The molecule has 184 valence electrons. The number of amides is 1. The Hall–Kier alpha value is -3.36. The van der Waals surface area contributed by atoms with Crippen LogP contribution in [0.1, 0.15) is 55.4 Å². The van der Waals surface area contributed by atoms with Gasteiger partial charge in [-0.1, -0.05) is 60.5 Å². The number of ether oxygens (including phenoxy) is 1. The van der Waals surface area contributed by atoms with Crippen molar-refractivity contribution in [3.05, 3.63) is 66.1 Å². The average molecular weight is 486 g/mol. The third kappa shape index (κ3) is 5.49. The normalized spacial score (nSPS) is 21.3. The molecule has 2 aromatic carbocycles. The van der Waals surface area contributed by atoms with Crippen LogP contribution in [0.5, 0.6) is 5.75 Å². The van der Waals surface area contributed by atoms with Crippen LogP contribution < -0.4 is 4.74 Å². The zero-order valence-electron chi connectivity index (χ0n) is 19.1. The molecular weight excluding hydrogens is 459 g/mol. The molecule has 2 atom stereocenters. The van der Waals surface area contributed by atoms with Gasteiger partial charge in [-0.25, -0.2) is 0 Å². The summed E-state index contributed by atoms with van der Waals surface area (Å²) in [6, 6.07) is 15.4. The summed E-state index contributed by atoms with van der Waals surface area (Å²) in [6.07, 6.45) is -0.190. The molecule has 0 radical (unpaired) electrons. The minimum atomic E-state index is -4.74. The molecule has 1 aliphatic heterocycles. The monoisotopic (exact) mass is 485 g/mol. The van der Waals surface area contributed by atoms with Gasteiger partial charge in [0.15, 0.2) is 0 Å². The third-order valence-corrected chi connectivity index (χ3v) is 6.87. The number of hydrogen-bond donors (Lipinski definition) is 0. The van der Waals surface area contributed by atoms with E-state index in [-0.39, 0.29) is 29.4 Å². The van der Waals surface area contributed by atoms with Crippen LogP contribution in [0, 0.1) is 5.92 Å². The van der Waals surface area contributed by atoms with Crippen molar-refractivity contribution < 1.29 is 27.2 Å². The Labute approximate surface area is 201 Å². The first-order valence-electron chi connectivity index (χ1n) is 11.9. The van der Waals surface area contributed by atoms with E-state index in [0.717, 1.165) is 36.8 Å². The number of benzene rings is 2. The maximum absolute atomic E-state index is 13.3. The van der Waals surface area contributed by atoms with E-state index >= 15 is 0 Å². The molecule has 0 spiro atoms. The molecule has 6 nitrogen and oxygen atoms in total. The summed E-state index contributed by atoms with van der Waals surface area (Å²) in [5.74, 6) is 0.606. The highest BCUT2D eigenvalue weighted by Gasteiger charge is 2.37. The summed E-state index contributed by atoms with van der Waals surface area (Å²) in [4.78, 5) is 19.8. The first kappa shape index (κ1) is 23.4. The number of alkyl halides is 3. The molecule has 0 N–H and O–H groups in total. The van der Waals surface area contributed by atoms with Crippen molar-refractivity contribution in [1.29, 1.82) is 0 Å².